The fourth-order valence-electron chi connectivity index (χ4n) is 1.71. The lowest BCUT2D eigenvalue weighted by Crippen LogP contribution is -2.21. The average molecular weight is 221 g/mol. The Labute approximate surface area is 94.4 Å². The zero-order valence-electron chi connectivity index (χ0n) is 9.80. The zero-order valence-corrected chi connectivity index (χ0v) is 9.80. The Kier molecular flexibility index (Phi) is 2.97. The number of nitrogens with one attached hydrogen (secondary N) is 1. The number of halogens is 1. The summed E-state index contributed by atoms with van der Waals surface area (Å²) in [5.41, 5.74) is 1.77. The standard InChI is InChI=1S/C13H16FNO/c1-8(2)15-7-13-9(3)11-6-10(14)4-5-12(11)16-13/h4-6,8,15H,7H2,1-3H3. The monoisotopic (exact) mass is 221 g/mol. The number of rotatable bonds is 3. The van der Waals surface area contributed by atoms with Crippen LogP contribution in [0.25, 0.3) is 11.0 Å². The summed E-state index contributed by atoms with van der Waals surface area (Å²) in [7, 11) is 0. The van der Waals surface area contributed by atoms with Gasteiger partial charge in [-0.1, -0.05) is 13.8 Å². The summed E-state index contributed by atoms with van der Waals surface area (Å²) in [6.45, 7) is 6.80. The van der Waals surface area contributed by atoms with Gasteiger partial charge in [0.1, 0.15) is 17.2 Å². The molecule has 0 saturated heterocycles. The third-order valence-electron chi connectivity index (χ3n) is 2.67. The fourth-order valence-corrected chi connectivity index (χ4v) is 1.71. The van der Waals surface area contributed by atoms with Crippen LogP contribution in [-0.2, 0) is 6.54 Å². The molecular formula is C13H16FNO. The molecule has 0 atom stereocenters. The van der Waals surface area contributed by atoms with Gasteiger partial charge in [0.25, 0.3) is 0 Å². The second-order valence-electron chi connectivity index (χ2n) is 4.33. The van der Waals surface area contributed by atoms with Gasteiger partial charge >= 0.3 is 0 Å². The Hall–Kier alpha value is -1.35. The normalized spacial score (nSPS) is 11.6. The van der Waals surface area contributed by atoms with Crippen molar-refractivity contribution in [3.05, 3.63) is 35.3 Å². The number of aryl methyl sites for hydroxylation is 1. The lowest BCUT2D eigenvalue weighted by Gasteiger charge is -2.05. The second-order valence-corrected chi connectivity index (χ2v) is 4.33. The van der Waals surface area contributed by atoms with E-state index >= 15 is 0 Å². The Morgan fingerprint density at radius 2 is 2.12 bits per heavy atom. The number of hydrogen-bond acceptors (Lipinski definition) is 2. The van der Waals surface area contributed by atoms with E-state index in [9.17, 15) is 4.39 Å². The SMILES string of the molecule is Cc1c(CNC(C)C)oc2ccc(F)cc12. The summed E-state index contributed by atoms with van der Waals surface area (Å²) in [5, 5.41) is 4.15. The van der Waals surface area contributed by atoms with Crippen LogP contribution in [0, 0.1) is 12.7 Å². The van der Waals surface area contributed by atoms with Crippen molar-refractivity contribution >= 4 is 11.0 Å². The Morgan fingerprint density at radius 1 is 1.38 bits per heavy atom. The van der Waals surface area contributed by atoms with Gasteiger partial charge in [-0.25, -0.2) is 4.39 Å². The largest absolute Gasteiger partial charge is 0.459 e. The minimum absolute atomic E-state index is 0.222. The van der Waals surface area contributed by atoms with Crippen LogP contribution in [0.4, 0.5) is 4.39 Å². The quantitative estimate of drug-likeness (QED) is 0.859. The molecule has 0 spiro atoms. The van der Waals surface area contributed by atoms with Crippen LogP contribution >= 0.6 is 0 Å². The second kappa shape index (κ2) is 4.26. The molecule has 1 aromatic carbocycles. The van der Waals surface area contributed by atoms with E-state index in [-0.39, 0.29) is 5.82 Å². The van der Waals surface area contributed by atoms with E-state index < -0.39 is 0 Å². The first-order chi connectivity index (χ1) is 7.58. The molecule has 3 heteroatoms. The van der Waals surface area contributed by atoms with E-state index in [4.69, 9.17) is 4.42 Å². The van der Waals surface area contributed by atoms with E-state index in [1.54, 1.807) is 6.07 Å². The molecule has 0 fully saturated rings. The van der Waals surface area contributed by atoms with Gasteiger partial charge in [-0.2, -0.15) is 0 Å². The van der Waals surface area contributed by atoms with Crippen LogP contribution in [0.15, 0.2) is 22.6 Å². The first kappa shape index (κ1) is 11.1. The maximum Gasteiger partial charge on any atom is 0.134 e. The molecule has 0 amide bonds. The lowest BCUT2D eigenvalue weighted by atomic mass is 10.1. The van der Waals surface area contributed by atoms with E-state index in [0.29, 0.717) is 12.6 Å². The van der Waals surface area contributed by atoms with Crippen LogP contribution in [-0.4, -0.2) is 6.04 Å². The molecule has 0 bridgehead atoms. The van der Waals surface area contributed by atoms with Gasteiger partial charge in [-0.3, -0.25) is 0 Å². The Bertz CT molecular complexity index is 502. The maximum atomic E-state index is 13.1. The highest BCUT2D eigenvalue weighted by molar-refractivity contribution is 5.82. The topological polar surface area (TPSA) is 25.2 Å². The average Bonchev–Trinajstić information content (AvgIpc) is 2.53. The summed E-state index contributed by atoms with van der Waals surface area (Å²) in [6.07, 6.45) is 0. The van der Waals surface area contributed by atoms with Gasteiger partial charge in [0.05, 0.1) is 6.54 Å². The predicted molar refractivity (Wildman–Crippen MR) is 62.9 cm³/mol. The van der Waals surface area contributed by atoms with Crippen molar-refractivity contribution in [2.24, 2.45) is 0 Å². The summed E-state index contributed by atoms with van der Waals surface area (Å²) in [6, 6.07) is 5.03. The number of benzene rings is 1. The molecule has 2 aromatic rings. The number of furan rings is 1. The molecule has 86 valence electrons. The molecule has 2 rings (SSSR count). The first-order valence-electron chi connectivity index (χ1n) is 5.49. The molecule has 16 heavy (non-hydrogen) atoms. The first-order valence-corrected chi connectivity index (χ1v) is 5.49. The molecule has 1 heterocycles. The molecule has 0 radical (unpaired) electrons. The van der Waals surface area contributed by atoms with Crippen LogP contribution in [0.3, 0.4) is 0 Å². The van der Waals surface area contributed by atoms with Gasteiger partial charge in [0.2, 0.25) is 0 Å². The highest BCUT2D eigenvalue weighted by Crippen LogP contribution is 2.25. The third-order valence-corrected chi connectivity index (χ3v) is 2.67. The molecule has 0 saturated carbocycles. The van der Waals surface area contributed by atoms with Gasteiger partial charge in [0.15, 0.2) is 0 Å². The van der Waals surface area contributed by atoms with Gasteiger partial charge in [-0.15, -0.1) is 0 Å². The van der Waals surface area contributed by atoms with Crippen molar-refractivity contribution in [2.75, 3.05) is 0 Å². The van der Waals surface area contributed by atoms with E-state index in [1.165, 1.54) is 12.1 Å². The van der Waals surface area contributed by atoms with Crippen molar-refractivity contribution in [1.29, 1.82) is 0 Å². The van der Waals surface area contributed by atoms with E-state index in [2.05, 4.69) is 19.2 Å². The molecule has 1 aromatic heterocycles. The molecule has 0 aliphatic carbocycles. The molecule has 2 nitrogen and oxygen atoms in total. The van der Waals surface area contributed by atoms with Crippen LogP contribution in [0.1, 0.15) is 25.2 Å². The van der Waals surface area contributed by atoms with Crippen molar-refractivity contribution in [1.82, 2.24) is 5.32 Å². The van der Waals surface area contributed by atoms with Crippen LogP contribution in [0.2, 0.25) is 0 Å². The fraction of sp³-hybridized carbons (Fsp3) is 0.385. The van der Waals surface area contributed by atoms with Gasteiger partial charge < -0.3 is 9.73 Å². The van der Waals surface area contributed by atoms with E-state index in [1.807, 2.05) is 6.92 Å². The summed E-state index contributed by atoms with van der Waals surface area (Å²) < 4.78 is 18.8. The molecular weight excluding hydrogens is 205 g/mol. The van der Waals surface area contributed by atoms with Crippen molar-refractivity contribution in [3.8, 4) is 0 Å². The number of fused-ring (bicyclic) bond motifs is 1. The molecule has 0 aliphatic heterocycles. The third kappa shape index (κ3) is 2.09. The maximum absolute atomic E-state index is 13.1. The van der Waals surface area contributed by atoms with Crippen LogP contribution in [0.5, 0.6) is 0 Å². The Balaban J connectivity index is 2.36. The van der Waals surface area contributed by atoms with Crippen LogP contribution < -0.4 is 5.32 Å². The van der Waals surface area contributed by atoms with Gasteiger partial charge in [-0.05, 0) is 30.7 Å². The molecule has 0 aliphatic rings. The van der Waals surface area contributed by atoms with Crippen molar-refractivity contribution in [3.63, 3.8) is 0 Å². The lowest BCUT2D eigenvalue weighted by molar-refractivity contribution is 0.485. The van der Waals surface area contributed by atoms with Gasteiger partial charge in [0, 0.05) is 11.4 Å². The number of hydrogen-bond donors (Lipinski definition) is 1. The van der Waals surface area contributed by atoms with Crippen molar-refractivity contribution in [2.45, 2.75) is 33.4 Å². The minimum Gasteiger partial charge on any atom is -0.459 e. The van der Waals surface area contributed by atoms with Crippen molar-refractivity contribution < 1.29 is 8.81 Å². The zero-order chi connectivity index (χ0) is 11.7. The molecule has 0 unspecified atom stereocenters. The highest BCUT2D eigenvalue weighted by Gasteiger charge is 2.10. The van der Waals surface area contributed by atoms with E-state index in [0.717, 1.165) is 22.3 Å². The summed E-state index contributed by atoms with van der Waals surface area (Å²) >= 11 is 0. The summed E-state index contributed by atoms with van der Waals surface area (Å²) in [5.74, 6) is 0.661. The Morgan fingerprint density at radius 3 is 2.81 bits per heavy atom. The predicted octanol–water partition coefficient (Wildman–Crippen LogP) is 3.38. The highest BCUT2D eigenvalue weighted by atomic mass is 19.1. The molecule has 1 N–H and O–H groups in total. The minimum atomic E-state index is -0.222. The summed E-state index contributed by atoms with van der Waals surface area (Å²) in [4.78, 5) is 0. The smallest absolute Gasteiger partial charge is 0.134 e.